The second kappa shape index (κ2) is 7.11. The number of para-hydroxylation sites is 1. The van der Waals surface area contributed by atoms with Gasteiger partial charge >= 0.3 is 0 Å². The van der Waals surface area contributed by atoms with Crippen LogP contribution in [0.25, 0.3) is 0 Å². The predicted octanol–water partition coefficient (Wildman–Crippen LogP) is 1.13. The first-order valence-corrected chi connectivity index (χ1v) is 10.2. The molecule has 3 aliphatic rings. The van der Waals surface area contributed by atoms with Crippen LogP contribution in [-0.4, -0.2) is 41.1 Å². The van der Waals surface area contributed by atoms with Crippen molar-refractivity contribution in [2.24, 2.45) is 17.6 Å². The molecule has 0 saturated carbocycles. The summed E-state index contributed by atoms with van der Waals surface area (Å²) in [6.45, 7) is 2.30. The van der Waals surface area contributed by atoms with E-state index in [1.165, 1.54) is 4.90 Å². The molecule has 9 heteroatoms. The topological polar surface area (TPSA) is 122 Å². The van der Waals surface area contributed by atoms with E-state index in [4.69, 9.17) is 17.3 Å². The number of nitrogens with two attached hydrogens (primary N) is 1. The number of nitrogens with one attached hydrogen (secondary N) is 2. The number of fused-ring (bicyclic) bond motifs is 4. The van der Waals surface area contributed by atoms with Gasteiger partial charge in [0.1, 0.15) is 5.54 Å². The summed E-state index contributed by atoms with van der Waals surface area (Å²) < 4.78 is 0. The number of hydrogen-bond donors (Lipinski definition) is 3. The summed E-state index contributed by atoms with van der Waals surface area (Å²) in [7, 11) is 0. The molecule has 2 saturated heterocycles. The molecule has 2 fully saturated rings. The van der Waals surface area contributed by atoms with Crippen molar-refractivity contribution < 1.29 is 19.2 Å². The van der Waals surface area contributed by atoms with Crippen molar-refractivity contribution in [3.63, 3.8) is 0 Å². The number of unbranched alkanes of at least 4 members (excludes halogenated alkanes) is 1. The molecule has 0 bridgehead atoms. The van der Waals surface area contributed by atoms with Gasteiger partial charge in [0.2, 0.25) is 23.6 Å². The third-order valence-electron chi connectivity index (χ3n) is 6.23. The van der Waals surface area contributed by atoms with Gasteiger partial charge in [0, 0.05) is 24.6 Å². The first-order valence-electron chi connectivity index (χ1n) is 9.84. The normalized spacial score (nSPS) is 30.1. The van der Waals surface area contributed by atoms with Gasteiger partial charge in [0.15, 0.2) is 0 Å². The highest BCUT2D eigenvalue weighted by atomic mass is 35.5. The fourth-order valence-corrected chi connectivity index (χ4v) is 5.16. The number of benzene rings is 1. The molecule has 0 aliphatic carbocycles. The Labute approximate surface area is 173 Å². The number of nitrogens with zero attached hydrogens (tertiary/aromatic N) is 1. The van der Waals surface area contributed by atoms with E-state index in [-0.39, 0.29) is 24.7 Å². The second-order valence-electron chi connectivity index (χ2n) is 7.87. The largest absolute Gasteiger partial charge is 0.370 e. The molecule has 29 heavy (non-hydrogen) atoms. The lowest BCUT2D eigenvalue weighted by molar-refractivity contribution is -0.143. The van der Waals surface area contributed by atoms with Crippen molar-refractivity contribution in [1.29, 1.82) is 0 Å². The van der Waals surface area contributed by atoms with Crippen molar-refractivity contribution in [1.82, 2.24) is 10.2 Å². The van der Waals surface area contributed by atoms with Crippen LogP contribution in [0.15, 0.2) is 18.2 Å². The fourth-order valence-electron chi connectivity index (χ4n) is 4.94. The maximum absolute atomic E-state index is 13.3. The van der Waals surface area contributed by atoms with Crippen LogP contribution in [-0.2, 0) is 24.7 Å². The Hall–Kier alpha value is -2.45. The summed E-state index contributed by atoms with van der Waals surface area (Å²) in [4.78, 5) is 52.4. The van der Waals surface area contributed by atoms with Crippen LogP contribution in [0.1, 0.15) is 38.2 Å². The number of rotatable bonds is 6. The van der Waals surface area contributed by atoms with Gasteiger partial charge in [-0.15, -0.1) is 0 Å². The van der Waals surface area contributed by atoms with Crippen LogP contribution in [0, 0.1) is 11.8 Å². The minimum atomic E-state index is -1.39. The molecule has 4 amide bonds. The van der Waals surface area contributed by atoms with Gasteiger partial charge in [-0.05, 0) is 18.9 Å². The SMILES string of the molecule is CCCCN1C(=O)[C@H]2[C@@H](C1=O)[C@@]1(N[C@@H]2CCC(N)=O)C(=O)Nc2c(Cl)cccc21. The molecule has 1 spiro atoms. The molecule has 8 nitrogen and oxygen atoms in total. The predicted molar refractivity (Wildman–Crippen MR) is 106 cm³/mol. The van der Waals surface area contributed by atoms with Gasteiger partial charge < -0.3 is 11.1 Å². The molecule has 1 aromatic rings. The van der Waals surface area contributed by atoms with Gasteiger partial charge in [0.25, 0.3) is 0 Å². The number of halogens is 1. The smallest absolute Gasteiger partial charge is 0.250 e. The number of amides is 4. The quantitative estimate of drug-likeness (QED) is 0.598. The van der Waals surface area contributed by atoms with E-state index in [1.807, 2.05) is 6.92 Å². The van der Waals surface area contributed by atoms with E-state index < -0.39 is 35.2 Å². The Morgan fingerprint density at radius 2 is 2.03 bits per heavy atom. The molecule has 4 N–H and O–H groups in total. The highest BCUT2D eigenvalue weighted by Gasteiger charge is 2.70. The lowest BCUT2D eigenvalue weighted by Gasteiger charge is -2.29. The number of likely N-dealkylation sites (tertiary alicyclic amines) is 1. The third-order valence-corrected chi connectivity index (χ3v) is 6.54. The van der Waals surface area contributed by atoms with E-state index in [0.717, 1.165) is 6.42 Å². The summed E-state index contributed by atoms with van der Waals surface area (Å²) in [6, 6.07) is 4.59. The lowest BCUT2D eigenvalue weighted by atomic mass is 9.76. The fraction of sp³-hybridized carbons (Fsp3) is 0.500. The summed E-state index contributed by atoms with van der Waals surface area (Å²) in [5, 5.41) is 6.40. The zero-order valence-corrected chi connectivity index (χ0v) is 16.8. The monoisotopic (exact) mass is 418 g/mol. The molecule has 4 rings (SSSR count). The number of imide groups is 1. The van der Waals surface area contributed by atoms with Gasteiger partial charge in [-0.2, -0.15) is 0 Å². The van der Waals surface area contributed by atoms with E-state index in [0.29, 0.717) is 29.2 Å². The van der Waals surface area contributed by atoms with E-state index in [9.17, 15) is 19.2 Å². The van der Waals surface area contributed by atoms with Crippen molar-refractivity contribution in [2.45, 2.75) is 44.2 Å². The number of anilines is 1. The zero-order valence-electron chi connectivity index (χ0n) is 16.0. The average Bonchev–Trinajstić information content (AvgIpc) is 3.25. The van der Waals surface area contributed by atoms with Crippen LogP contribution < -0.4 is 16.4 Å². The Morgan fingerprint density at radius 1 is 1.28 bits per heavy atom. The molecular formula is C20H23ClN4O4. The Kier molecular flexibility index (Phi) is 4.86. The Bertz CT molecular complexity index is 920. The van der Waals surface area contributed by atoms with Crippen molar-refractivity contribution in [3.8, 4) is 0 Å². The van der Waals surface area contributed by atoms with Gasteiger partial charge in [-0.1, -0.05) is 37.1 Å². The minimum absolute atomic E-state index is 0.0530. The van der Waals surface area contributed by atoms with Gasteiger partial charge in [-0.3, -0.25) is 29.4 Å². The first kappa shape index (κ1) is 19.8. The average molecular weight is 419 g/mol. The van der Waals surface area contributed by atoms with Gasteiger partial charge in [0.05, 0.1) is 22.5 Å². The highest BCUT2D eigenvalue weighted by Crippen LogP contribution is 2.54. The Morgan fingerprint density at radius 3 is 2.72 bits per heavy atom. The summed E-state index contributed by atoms with van der Waals surface area (Å²) in [5.41, 5.74) is 4.93. The molecular weight excluding hydrogens is 396 g/mol. The van der Waals surface area contributed by atoms with Crippen LogP contribution in [0.3, 0.4) is 0 Å². The third kappa shape index (κ3) is 2.77. The molecule has 154 valence electrons. The van der Waals surface area contributed by atoms with Crippen molar-refractivity contribution >= 4 is 40.9 Å². The molecule has 0 radical (unpaired) electrons. The summed E-state index contributed by atoms with van der Waals surface area (Å²) in [5.74, 6) is -3.17. The second-order valence-corrected chi connectivity index (χ2v) is 8.27. The lowest BCUT2D eigenvalue weighted by Crippen LogP contribution is -2.53. The van der Waals surface area contributed by atoms with Crippen LogP contribution in [0.4, 0.5) is 5.69 Å². The minimum Gasteiger partial charge on any atom is -0.370 e. The molecule has 1 aromatic carbocycles. The van der Waals surface area contributed by atoms with Crippen LogP contribution in [0.2, 0.25) is 5.02 Å². The number of hydrogen-bond acceptors (Lipinski definition) is 5. The van der Waals surface area contributed by atoms with Crippen molar-refractivity contribution in [3.05, 3.63) is 28.8 Å². The van der Waals surface area contributed by atoms with E-state index in [1.54, 1.807) is 18.2 Å². The zero-order chi connectivity index (χ0) is 20.9. The number of carbonyl (C=O) groups is 4. The van der Waals surface area contributed by atoms with Gasteiger partial charge in [-0.25, -0.2) is 0 Å². The summed E-state index contributed by atoms with van der Waals surface area (Å²) >= 11 is 6.27. The summed E-state index contributed by atoms with van der Waals surface area (Å²) in [6.07, 6.45) is 1.84. The van der Waals surface area contributed by atoms with E-state index in [2.05, 4.69) is 10.6 Å². The first-order chi connectivity index (χ1) is 13.8. The molecule has 0 aromatic heterocycles. The molecule has 3 aliphatic heterocycles. The highest BCUT2D eigenvalue weighted by molar-refractivity contribution is 6.35. The standard InChI is InChI=1S/C20H23ClN4O4/c1-2-3-9-25-17(27)14-12(7-8-13(22)26)24-20(15(14)18(25)28)10-5-4-6-11(21)16(10)23-19(20)29/h4-6,12,14-15,24H,2-3,7-9H2,1H3,(H2,22,26)(H,23,29)/t12-,14-,15+,20-/m1/s1. The van der Waals surface area contributed by atoms with Crippen LogP contribution in [0.5, 0.6) is 0 Å². The van der Waals surface area contributed by atoms with Crippen molar-refractivity contribution in [2.75, 3.05) is 11.9 Å². The molecule has 0 unspecified atom stereocenters. The van der Waals surface area contributed by atoms with Crippen LogP contribution >= 0.6 is 11.6 Å². The van der Waals surface area contributed by atoms with E-state index >= 15 is 0 Å². The molecule has 3 heterocycles. The number of carbonyl (C=O) groups excluding carboxylic acids is 4. The maximum atomic E-state index is 13.3. The maximum Gasteiger partial charge on any atom is 0.250 e. The number of primary amides is 1. The Balaban J connectivity index is 1.81. The molecule has 4 atom stereocenters.